The van der Waals surface area contributed by atoms with Gasteiger partial charge in [0.25, 0.3) is 5.91 Å². The molecule has 22 heteroatoms. The normalized spacial score (nSPS) is 11.5. The number of ether oxygens (including phenoxy) is 4. The summed E-state index contributed by atoms with van der Waals surface area (Å²) >= 11 is 0. The number of hydrogen-bond acceptors (Lipinski definition) is 7. The van der Waals surface area contributed by atoms with Crippen LogP contribution >= 0.6 is 0 Å². The second kappa shape index (κ2) is 19.5. The maximum atomic E-state index is 12.1. The molecule has 0 aromatic heterocycles. The molecular formula is C32H29F12NO9. The number of nitrogens with one attached hydrogen (secondary N) is 1. The average Bonchev–Trinajstić information content (AvgIpc) is 3.04. The Morgan fingerprint density at radius 1 is 0.537 bits per heavy atom. The van der Waals surface area contributed by atoms with E-state index in [4.69, 9.17) is 10.2 Å². The SMILES string of the molecule is CNC(=O)c1cc(OCC(F)(F)F)ccc1OCC(F)(F)F.Cc1ccc(C)c(C(=O)O)c1.O=C(O)c1cc(OCC(F)(F)F)ccc1OCC(F)(F)F. The second-order valence-corrected chi connectivity index (χ2v) is 10.4. The largest absolute Gasteiger partial charge is 0.484 e. The third-order valence-corrected chi connectivity index (χ3v) is 5.82. The van der Waals surface area contributed by atoms with Crippen LogP contribution in [0.5, 0.6) is 23.0 Å². The molecule has 54 heavy (non-hydrogen) atoms. The van der Waals surface area contributed by atoms with Crippen LogP contribution in [0, 0.1) is 13.8 Å². The number of alkyl halides is 12. The summed E-state index contributed by atoms with van der Waals surface area (Å²) in [5, 5.41) is 19.6. The van der Waals surface area contributed by atoms with Gasteiger partial charge in [-0.25, -0.2) is 9.59 Å². The molecule has 3 aromatic carbocycles. The Balaban J connectivity index is 0.000000427. The highest BCUT2D eigenvalue weighted by molar-refractivity contribution is 5.97. The fourth-order valence-corrected chi connectivity index (χ4v) is 3.54. The van der Waals surface area contributed by atoms with E-state index in [1.165, 1.54) is 7.05 Å². The van der Waals surface area contributed by atoms with E-state index >= 15 is 0 Å². The van der Waals surface area contributed by atoms with Gasteiger partial charge < -0.3 is 34.5 Å². The van der Waals surface area contributed by atoms with Crippen molar-refractivity contribution in [3.63, 3.8) is 0 Å². The van der Waals surface area contributed by atoms with Crippen molar-refractivity contribution in [2.24, 2.45) is 0 Å². The zero-order chi connectivity index (χ0) is 41.7. The molecule has 10 nitrogen and oxygen atoms in total. The number of carbonyl (C=O) groups excluding carboxylic acids is 1. The quantitative estimate of drug-likeness (QED) is 0.164. The van der Waals surface area contributed by atoms with Gasteiger partial charge >= 0.3 is 36.6 Å². The summed E-state index contributed by atoms with van der Waals surface area (Å²) in [5.41, 5.74) is 1.08. The van der Waals surface area contributed by atoms with E-state index in [1.54, 1.807) is 13.0 Å². The van der Waals surface area contributed by atoms with Crippen LogP contribution in [-0.4, -0.2) is 86.2 Å². The van der Waals surface area contributed by atoms with Gasteiger partial charge in [-0.15, -0.1) is 0 Å². The number of hydrogen-bond donors (Lipinski definition) is 3. The number of benzene rings is 3. The molecule has 300 valence electrons. The van der Waals surface area contributed by atoms with E-state index in [2.05, 4.69) is 24.3 Å². The molecule has 0 saturated carbocycles. The van der Waals surface area contributed by atoms with Gasteiger partial charge in [0.2, 0.25) is 0 Å². The predicted molar refractivity (Wildman–Crippen MR) is 162 cm³/mol. The number of halogens is 12. The van der Waals surface area contributed by atoms with Crippen LogP contribution in [0.15, 0.2) is 54.6 Å². The maximum Gasteiger partial charge on any atom is 0.422 e. The first-order chi connectivity index (χ1) is 24.6. The first-order valence-electron chi connectivity index (χ1n) is 14.4. The Labute approximate surface area is 297 Å². The van der Waals surface area contributed by atoms with Crippen molar-refractivity contribution >= 4 is 17.8 Å². The third-order valence-electron chi connectivity index (χ3n) is 5.82. The van der Waals surface area contributed by atoms with Crippen LogP contribution in [-0.2, 0) is 0 Å². The first-order valence-corrected chi connectivity index (χ1v) is 14.4. The number of aromatic carboxylic acids is 2. The van der Waals surface area contributed by atoms with E-state index in [0.717, 1.165) is 41.5 Å². The number of carboxylic acids is 2. The van der Waals surface area contributed by atoms with Gasteiger partial charge in [-0.2, -0.15) is 52.7 Å². The summed E-state index contributed by atoms with van der Waals surface area (Å²) < 4.78 is 162. The number of amides is 1. The zero-order valence-corrected chi connectivity index (χ0v) is 27.8. The van der Waals surface area contributed by atoms with Crippen LogP contribution in [0.1, 0.15) is 42.2 Å². The summed E-state index contributed by atoms with van der Waals surface area (Å²) in [6, 6.07) is 10.5. The van der Waals surface area contributed by atoms with Crippen LogP contribution < -0.4 is 24.3 Å². The molecule has 0 saturated heterocycles. The smallest absolute Gasteiger partial charge is 0.422 e. The topological polar surface area (TPSA) is 141 Å². The lowest BCUT2D eigenvalue weighted by atomic mass is 10.1. The number of aryl methyl sites for hydroxylation is 2. The summed E-state index contributed by atoms with van der Waals surface area (Å²) in [6.45, 7) is -2.94. The molecule has 3 N–H and O–H groups in total. The van der Waals surface area contributed by atoms with Crippen LogP contribution in [0.4, 0.5) is 52.7 Å². The summed E-state index contributed by atoms with van der Waals surface area (Å²) in [6.07, 6.45) is -18.5. The van der Waals surface area contributed by atoms with Gasteiger partial charge in [-0.1, -0.05) is 17.7 Å². The minimum Gasteiger partial charge on any atom is -0.484 e. The molecule has 0 aliphatic rings. The number of rotatable bonds is 11. The molecule has 3 aromatic rings. The summed E-state index contributed by atoms with van der Waals surface area (Å²) in [5.74, 6) is -5.17. The van der Waals surface area contributed by atoms with Crippen molar-refractivity contribution in [2.75, 3.05) is 33.5 Å². The Kier molecular flexibility index (Phi) is 16.8. The standard InChI is InChI=1S/C12H11F6NO3.C11H8F6O4.C9H10O2/c1-19-10(20)8-4-7(21-5-11(13,14)15)2-3-9(8)22-6-12(16,17)18;12-10(13,14)4-20-6-1-2-8(7(3-6)9(18)19)21-5-11(15,16)17;1-6-3-4-7(2)8(5-6)9(10)11/h2-4H,5-6H2,1H3,(H,19,20);1-3H,4-5H2,(H,18,19);3-5H,1-2H3,(H,10,11). The van der Waals surface area contributed by atoms with Crippen molar-refractivity contribution in [1.82, 2.24) is 5.32 Å². The molecule has 1 amide bonds. The molecule has 0 aliphatic heterocycles. The van der Waals surface area contributed by atoms with Crippen molar-refractivity contribution in [3.8, 4) is 23.0 Å². The molecule has 0 atom stereocenters. The third kappa shape index (κ3) is 18.8. The number of carbonyl (C=O) groups is 3. The van der Waals surface area contributed by atoms with Gasteiger partial charge in [0, 0.05) is 7.05 Å². The van der Waals surface area contributed by atoms with Gasteiger partial charge in [-0.3, -0.25) is 4.79 Å². The molecule has 0 heterocycles. The average molecular weight is 800 g/mol. The lowest BCUT2D eigenvalue weighted by Gasteiger charge is -2.14. The Hall–Kier alpha value is -5.57. The highest BCUT2D eigenvalue weighted by Crippen LogP contribution is 2.29. The fraction of sp³-hybridized carbons (Fsp3) is 0.344. The lowest BCUT2D eigenvalue weighted by Crippen LogP contribution is -2.23. The Morgan fingerprint density at radius 2 is 0.907 bits per heavy atom. The highest BCUT2D eigenvalue weighted by atomic mass is 19.4. The van der Waals surface area contributed by atoms with E-state index in [-0.39, 0.29) is 11.3 Å². The van der Waals surface area contributed by atoms with Crippen molar-refractivity contribution < 1.29 is 96.2 Å². The lowest BCUT2D eigenvalue weighted by molar-refractivity contribution is -0.154. The molecule has 0 fully saturated rings. The van der Waals surface area contributed by atoms with Crippen molar-refractivity contribution in [3.05, 3.63) is 82.4 Å². The van der Waals surface area contributed by atoms with Crippen LogP contribution in [0.3, 0.4) is 0 Å². The monoisotopic (exact) mass is 799 g/mol. The summed E-state index contributed by atoms with van der Waals surface area (Å²) in [7, 11) is 1.21. The Morgan fingerprint density at radius 3 is 1.26 bits per heavy atom. The maximum absolute atomic E-state index is 12.1. The first kappa shape index (κ1) is 46.5. The molecule has 0 bridgehead atoms. The van der Waals surface area contributed by atoms with Crippen LogP contribution in [0.2, 0.25) is 0 Å². The molecule has 0 aliphatic carbocycles. The van der Waals surface area contributed by atoms with Crippen LogP contribution in [0.25, 0.3) is 0 Å². The summed E-state index contributed by atoms with van der Waals surface area (Å²) in [4.78, 5) is 33.0. The van der Waals surface area contributed by atoms with E-state index < -0.39 is 91.8 Å². The molecule has 0 spiro atoms. The predicted octanol–water partition coefficient (Wildman–Crippen LogP) is 8.20. The molecule has 3 rings (SSSR count). The Bertz CT molecular complexity index is 1720. The van der Waals surface area contributed by atoms with E-state index in [1.807, 2.05) is 19.1 Å². The van der Waals surface area contributed by atoms with Gasteiger partial charge in [0.15, 0.2) is 26.4 Å². The van der Waals surface area contributed by atoms with Gasteiger partial charge in [0.1, 0.15) is 28.6 Å². The zero-order valence-electron chi connectivity index (χ0n) is 27.8. The molecule has 0 radical (unpaired) electrons. The van der Waals surface area contributed by atoms with Crippen molar-refractivity contribution in [2.45, 2.75) is 38.6 Å². The van der Waals surface area contributed by atoms with Gasteiger partial charge in [0.05, 0.1) is 11.1 Å². The van der Waals surface area contributed by atoms with Crippen molar-refractivity contribution in [1.29, 1.82) is 0 Å². The molecular weight excluding hydrogens is 770 g/mol. The van der Waals surface area contributed by atoms with E-state index in [0.29, 0.717) is 11.6 Å². The molecule has 0 unspecified atom stereocenters. The second-order valence-electron chi connectivity index (χ2n) is 10.4. The van der Waals surface area contributed by atoms with Gasteiger partial charge in [-0.05, 0) is 61.9 Å². The minimum atomic E-state index is -4.68. The number of carboxylic acid groups (broad SMARTS) is 2. The minimum absolute atomic E-state index is 0.324. The van der Waals surface area contributed by atoms with E-state index in [9.17, 15) is 67.1 Å². The highest BCUT2D eigenvalue weighted by Gasteiger charge is 2.32. The fourth-order valence-electron chi connectivity index (χ4n) is 3.54.